The molecule has 0 atom stereocenters. The van der Waals surface area contributed by atoms with Gasteiger partial charge in [0.15, 0.2) is 11.5 Å². The predicted molar refractivity (Wildman–Crippen MR) is 99.5 cm³/mol. The van der Waals surface area contributed by atoms with Gasteiger partial charge in [-0.05, 0) is 19.1 Å². The third-order valence-corrected chi connectivity index (χ3v) is 4.65. The van der Waals surface area contributed by atoms with Gasteiger partial charge >= 0.3 is 5.79 Å². The summed E-state index contributed by atoms with van der Waals surface area (Å²) < 4.78 is 12.8. The summed E-state index contributed by atoms with van der Waals surface area (Å²) in [5, 5.41) is 2.66. The maximum absolute atomic E-state index is 12.1. The number of fused-ring (bicyclic) bond motifs is 1. The summed E-state index contributed by atoms with van der Waals surface area (Å²) in [6, 6.07) is 23.2. The molecule has 0 aromatic heterocycles. The van der Waals surface area contributed by atoms with Gasteiger partial charge < -0.3 is 14.8 Å². The second kappa shape index (κ2) is 6.23. The molecule has 4 rings (SSSR count). The molecule has 0 radical (unpaired) electrons. The first-order valence-corrected chi connectivity index (χ1v) is 8.50. The number of hydrogen-bond donors (Lipinski definition) is 1. The van der Waals surface area contributed by atoms with Crippen molar-refractivity contribution in [3.8, 4) is 11.5 Å². The van der Waals surface area contributed by atoms with Crippen LogP contribution in [0.5, 0.6) is 11.5 Å². The standard InChI is InChI=1S/C22H19NO3/c1-15-18(21(24)23-2)13-14-19-20(15)26-22(25-19,16-9-5-3-6-10-16)17-11-7-4-8-12-17/h3-14H,1-2H3,(H,23,24). The summed E-state index contributed by atoms with van der Waals surface area (Å²) in [6.07, 6.45) is 0. The van der Waals surface area contributed by atoms with Crippen molar-refractivity contribution in [2.75, 3.05) is 7.05 Å². The first-order valence-electron chi connectivity index (χ1n) is 8.50. The first kappa shape index (κ1) is 16.2. The monoisotopic (exact) mass is 345 g/mol. The van der Waals surface area contributed by atoms with Gasteiger partial charge in [0.1, 0.15) is 0 Å². The van der Waals surface area contributed by atoms with Crippen LogP contribution in [-0.4, -0.2) is 13.0 Å². The molecule has 3 aromatic rings. The lowest BCUT2D eigenvalue weighted by molar-refractivity contribution is -0.0461. The quantitative estimate of drug-likeness (QED) is 0.780. The fourth-order valence-electron chi connectivity index (χ4n) is 3.29. The molecule has 0 unspecified atom stereocenters. The zero-order chi connectivity index (χ0) is 18.1. The highest BCUT2D eigenvalue weighted by Gasteiger charge is 2.46. The Balaban J connectivity index is 1.88. The van der Waals surface area contributed by atoms with Crippen LogP contribution in [0.25, 0.3) is 0 Å². The Kier molecular flexibility index (Phi) is 3.88. The summed E-state index contributed by atoms with van der Waals surface area (Å²) >= 11 is 0. The molecular weight excluding hydrogens is 326 g/mol. The van der Waals surface area contributed by atoms with Crippen LogP contribution >= 0.6 is 0 Å². The number of amides is 1. The summed E-state index contributed by atoms with van der Waals surface area (Å²) in [5.41, 5.74) is 3.12. The van der Waals surface area contributed by atoms with E-state index in [1.807, 2.05) is 67.6 Å². The van der Waals surface area contributed by atoms with Gasteiger partial charge in [0.25, 0.3) is 5.91 Å². The highest BCUT2D eigenvalue weighted by molar-refractivity contribution is 5.96. The van der Waals surface area contributed by atoms with Gasteiger partial charge in [0.05, 0.1) is 0 Å². The summed E-state index contributed by atoms with van der Waals surface area (Å²) in [7, 11) is 1.62. The Morgan fingerprint density at radius 2 is 1.42 bits per heavy atom. The smallest absolute Gasteiger partial charge is 0.305 e. The highest BCUT2D eigenvalue weighted by Crippen LogP contribution is 2.49. The molecule has 0 aliphatic carbocycles. The average molecular weight is 345 g/mol. The van der Waals surface area contributed by atoms with Crippen molar-refractivity contribution in [2.24, 2.45) is 0 Å². The van der Waals surface area contributed by atoms with Crippen LogP contribution < -0.4 is 14.8 Å². The number of rotatable bonds is 3. The maximum Gasteiger partial charge on any atom is 0.305 e. The van der Waals surface area contributed by atoms with Gasteiger partial charge in [-0.3, -0.25) is 4.79 Å². The third kappa shape index (κ3) is 2.42. The van der Waals surface area contributed by atoms with E-state index in [1.54, 1.807) is 19.2 Å². The number of carbonyl (C=O) groups is 1. The van der Waals surface area contributed by atoms with Crippen LogP contribution in [0.2, 0.25) is 0 Å². The van der Waals surface area contributed by atoms with Gasteiger partial charge in [-0.1, -0.05) is 60.7 Å². The zero-order valence-corrected chi connectivity index (χ0v) is 14.7. The molecule has 1 aliphatic heterocycles. The Bertz CT molecular complexity index is 912. The normalized spacial score (nSPS) is 14.1. The Morgan fingerprint density at radius 1 is 0.846 bits per heavy atom. The SMILES string of the molecule is CNC(=O)c1ccc2c(c1C)OC(c1ccccc1)(c1ccccc1)O2. The van der Waals surface area contributed by atoms with Gasteiger partial charge in [0, 0.05) is 29.3 Å². The van der Waals surface area contributed by atoms with E-state index in [1.165, 1.54) is 0 Å². The van der Waals surface area contributed by atoms with Crippen molar-refractivity contribution in [2.45, 2.75) is 12.7 Å². The van der Waals surface area contributed by atoms with E-state index in [0.29, 0.717) is 17.1 Å². The molecule has 130 valence electrons. The number of ether oxygens (including phenoxy) is 2. The van der Waals surface area contributed by atoms with Crippen molar-refractivity contribution >= 4 is 5.91 Å². The first-order chi connectivity index (χ1) is 12.7. The van der Waals surface area contributed by atoms with E-state index in [0.717, 1.165) is 16.7 Å². The minimum Gasteiger partial charge on any atom is -0.440 e. The topological polar surface area (TPSA) is 47.6 Å². The molecule has 0 spiro atoms. The number of hydrogen-bond acceptors (Lipinski definition) is 3. The molecular formula is C22H19NO3. The van der Waals surface area contributed by atoms with Gasteiger partial charge in [-0.15, -0.1) is 0 Å². The van der Waals surface area contributed by atoms with Crippen LogP contribution in [-0.2, 0) is 5.79 Å². The van der Waals surface area contributed by atoms with Gasteiger partial charge in [-0.25, -0.2) is 0 Å². The van der Waals surface area contributed by atoms with Crippen molar-refractivity contribution in [3.63, 3.8) is 0 Å². The zero-order valence-electron chi connectivity index (χ0n) is 14.7. The van der Waals surface area contributed by atoms with Gasteiger partial charge in [-0.2, -0.15) is 0 Å². The fourth-order valence-corrected chi connectivity index (χ4v) is 3.29. The summed E-state index contributed by atoms with van der Waals surface area (Å²) in [4.78, 5) is 12.1. The Labute approximate surface area is 152 Å². The number of carbonyl (C=O) groups excluding carboxylic acids is 1. The fraction of sp³-hybridized carbons (Fsp3) is 0.136. The molecule has 4 nitrogen and oxygen atoms in total. The molecule has 0 saturated heterocycles. The molecule has 26 heavy (non-hydrogen) atoms. The highest BCUT2D eigenvalue weighted by atomic mass is 16.7. The molecule has 0 fully saturated rings. The van der Waals surface area contributed by atoms with Crippen molar-refractivity contribution in [1.82, 2.24) is 5.32 Å². The van der Waals surface area contributed by atoms with Crippen LogP contribution in [0.1, 0.15) is 27.0 Å². The molecule has 0 saturated carbocycles. The molecule has 1 amide bonds. The number of benzene rings is 3. The summed E-state index contributed by atoms with van der Waals surface area (Å²) in [5.74, 6) is 0.00388. The molecule has 3 aromatic carbocycles. The average Bonchev–Trinajstić information content (AvgIpc) is 3.11. The minimum absolute atomic E-state index is 0.147. The largest absolute Gasteiger partial charge is 0.440 e. The van der Waals surface area contributed by atoms with E-state index in [4.69, 9.17) is 9.47 Å². The molecule has 4 heteroatoms. The minimum atomic E-state index is -1.07. The third-order valence-electron chi connectivity index (χ3n) is 4.65. The lowest BCUT2D eigenvalue weighted by Crippen LogP contribution is -2.36. The van der Waals surface area contributed by atoms with Crippen LogP contribution in [0, 0.1) is 6.92 Å². The van der Waals surface area contributed by atoms with Gasteiger partial charge in [0.2, 0.25) is 0 Å². The lowest BCUT2D eigenvalue weighted by atomic mass is 9.97. The van der Waals surface area contributed by atoms with Crippen molar-refractivity contribution in [1.29, 1.82) is 0 Å². The van der Waals surface area contributed by atoms with E-state index >= 15 is 0 Å². The van der Waals surface area contributed by atoms with E-state index in [2.05, 4.69) is 5.32 Å². The maximum atomic E-state index is 12.1. The molecule has 1 heterocycles. The lowest BCUT2D eigenvalue weighted by Gasteiger charge is -2.28. The second-order valence-electron chi connectivity index (χ2n) is 6.20. The second-order valence-corrected chi connectivity index (χ2v) is 6.20. The van der Waals surface area contributed by atoms with Crippen LogP contribution in [0.3, 0.4) is 0 Å². The molecule has 1 aliphatic rings. The van der Waals surface area contributed by atoms with E-state index in [9.17, 15) is 4.79 Å². The Morgan fingerprint density at radius 3 is 1.96 bits per heavy atom. The van der Waals surface area contributed by atoms with Crippen LogP contribution in [0.15, 0.2) is 72.8 Å². The van der Waals surface area contributed by atoms with Crippen molar-refractivity contribution in [3.05, 3.63) is 95.1 Å². The molecule has 1 N–H and O–H groups in total. The van der Waals surface area contributed by atoms with E-state index < -0.39 is 5.79 Å². The Hall–Kier alpha value is -3.27. The molecule has 0 bridgehead atoms. The number of nitrogens with one attached hydrogen (secondary N) is 1. The predicted octanol–water partition coefficient (Wildman–Crippen LogP) is 4.03. The van der Waals surface area contributed by atoms with E-state index in [-0.39, 0.29) is 5.91 Å². The van der Waals surface area contributed by atoms with Crippen LogP contribution in [0.4, 0.5) is 0 Å². The van der Waals surface area contributed by atoms with Crippen molar-refractivity contribution < 1.29 is 14.3 Å². The summed E-state index contributed by atoms with van der Waals surface area (Å²) in [6.45, 7) is 1.87.